The molecule has 0 radical (unpaired) electrons. The van der Waals surface area contributed by atoms with Gasteiger partial charge in [0, 0.05) is 30.2 Å². The molecular formula is C19H18FN5OS. The van der Waals surface area contributed by atoms with E-state index in [4.69, 9.17) is 0 Å². The molecule has 3 aromatic rings. The van der Waals surface area contributed by atoms with Gasteiger partial charge < -0.3 is 5.32 Å². The van der Waals surface area contributed by atoms with E-state index in [2.05, 4.69) is 27.1 Å². The van der Waals surface area contributed by atoms with Crippen LogP contribution in [0.4, 0.5) is 4.39 Å². The van der Waals surface area contributed by atoms with Crippen molar-refractivity contribution in [3.05, 3.63) is 67.3 Å². The molecule has 0 unspecified atom stereocenters. The van der Waals surface area contributed by atoms with Crippen LogP contribution in [-0.2, 0) is 4.79 Å². The van der Waals surface area contributed by atoms with Crippen molar-refractivity contribution in [3.8, 4) is 17.1 Å². The highest BCUT2D eigenvalue weighted by atomic mass is 32.2. The SMILES string of the molecule is C=CCNC(=O)[C@@H](C)Sc1nnc(-c2ccncc2)n1-c1ccc(F)cc1. The highest BCUT2D eigenvalue weighted by Crippen LogP contribution is 2.30. The topological polar surface area (TPSA) is 72.7 Å². The molecular weight excluding hydrogens is 365 g/mol. The van der Waals surface area contributed by atoms with Crippen LogP contribution in [-0.4, -0.2) is 37.5 Å². The maximum Gasteiger partial charge on any atom is 0.233 e. The molecule has 0 saturated heterocycles. The lowest BCUT2D eigenvalue weighted by atomic mass is 10.2. The summed E-state index contributed by atoms with van der Waals surface area (Å²) < 4.78 is 15.2. The van der Waals surface area contributed by atoms with Gasteiger partial charge in [-0.25, -0.2) is 4.39 Å². The Morgan fingerprint density at radius 2 is 1.96 bits per heavy atom. The van der Waals surface area contributed by atoms with Crippen molar-refractivity contribution >= 4 is 17.7 Å². The van der Waals surface area contributed by atoms with Crippen LogP contribution in [0.3, 0.4) is 0 Å². The molecule has 3 rings (SSSR count). The normalized spacial score (nSPS) is 11.8. The molecule has 2 heterocycles. The van der Waals surface area contributed by atoms with Crippen molar-refractivity contribution in [3.63, 3.8) is 0 Å². The molecule has 0 saturated carbocycles. The van der Waals surface area contributed by atoms with Gasteiger partial charge in [-0.2, -0.15) is 0 Å². The molecule has 1 amide bonds. The Bertz CT molecular complexity index is 927. The number of pyridine rings is 1. The van der Waals surface area contributed by atoms with Crippen LogP contribution in [0.25, 0.3) is 17.1 Å². The van der Waals surface area contributed by atoms with Crippen LogP contribution >= 0.6 is 11.8 Å². The average Bonchev–Trinajstić information content (AvgIpc) is 3.10. The van der Waals surface area contributed by atoms with Crippen molar-refractivity contribution in [2.45, 2.75) is 17.3 Å². The number of nitrogens with zero attached hydrogens (tertiary/aromatic N) is 4. The third-order valence-electron chi connectivity index (χ3n) is 3.73. The Balaban J connectivity index is 1.99. The van der Waals surface area contributed by atoms with Crippen molar-refractivity contribution in [1.29, 1.82) is 0 Å². The van der Waals surface area contributed by atoms with Crippen LogP contribution in [0.5, 0.6) is 0 Å². The third kappa shape index (κ3) is 4.40. The first-order valence-corrected chi connectivity index (χ1v) is 9.15. The van der Waals surface area contributed by atoms with Crippen LogP contribution in [0.2, 0.25) is 0 Å². The second kappa shape index (κ2) is 8.59. The quantitative estimate of drug-likeness (QED) is 0.501. The van der Waals surface area contributed by atoms with Crippen molar-refractivity contribution in [2.75, 3.05) is 6.54 Å². The summed E-state index contributed by atoms with van der Waals surface area (Å²) in [6.07, 6.45) is 4.95. The number of carbonyl (C=O) groups excluding carboxylic acids is 1. The molecule has 138 valence electrons. The number of thioether (sulfide) groups is 1. The Labute approximate surface area is 160 Å². The number of hydrogen-bond donors (Lipinski definition) is 1. The Morgan fingerprint density at radius 3 is 2.63 bits per heavy atom. The Morgan fingerprint density at radius 1 is 1.26 bits per heavy atom. The van der Waals surface area contributed by atoms with Gasteiger partial charge in [-0.05, 0) is 43.3 Å². The van der Waals surface area contributed by atoms with E-state index in [9.17, 15) is 9.18 Å². The van der Waals surface area contributed by atoms with Gasteiger partial charge in [0.25, 0.3) is 0 Å². The van der Waals surface area contributed by atoms with Crippen LogP contribution in [0, 0.1) is 5.82 Å². The Kier molecular flexibility index (Phi) is 5.97. The number of hydrogen-bond acceptors (Lipinski definition) is 5. The molecule has 0 fully saturated rings. The van der Waals surface area contributed by atoms with Gasteiger partial charge in [0.2, 0.25) is 5.91 Å². The smallest absolute Gasteiger partial charge is 0.233 e. The summed E-state index contributed by atoms with van der Waals surface area (Å²) in [5.41, 5.74) is 1.52. The summed E-state index contributed by atoms with van der Waals surface area (Å²) in [4.78, 5) is 16.2. The van der Waals surface area contributed by atoms with E-state index in [0.717, 1.165) is 5.56 Å². The maximum atomic E-state index is 13.4. The predicted octanol–water partition coefficient (Wildman–Crippen LogP) is 3.25. The van der Waals surface area contributed by atoms with Crippen LogP contribution < -0.4 is 5.32 Å². The van der Waals surface area contributed by atoms with E-state index < -0.39 is 5.25 Å². The third-order valence-corrected chi connectivity index (χ3v) is 4.77. The zero-order valence-electron chi connectivity index (χ0n) is 14.7. The van der Waals surface area contributed by atoms with Gasteiger partial charge in [-0.3, -0.25) is 14.3 Å². The standard InChI is InChI=1S/C19H18FN5OS/c1-3-10-22-18(26)13(2)27-19-24-23-17(14-8-11-21-12-9-14)25(19)16-6-4-15(20)5-7-16/h3-9,11-13H,1,10H2,2H3,(H,22,26)/t13-/m1/s1. The van der Waals surface area contributed by atoms with Gasteiger partial charge in [0.1, 0.15) is 5.82 Å². The van der Waals surface area contributed by atoms with Gasteiger partial charge in [0.05, 0.1) is 5.25 Å². The first-order valence-electron chi connectivity index (χ1n) is 8.27. The summed E-state index contributed by atoms with van der Waals surface area (Å²) in [5, 5.41) is 11.4. The van der Waals surface area contributed by atoms with E-state index in [0.29, 0.717) is 23.2 Å². The van der Waals surface area contributed by atoms with Gasteiger partial charge in [0.15, 0.2) is 11.0 Å². The maximum absolute atomic E-state index is 13.4. The zero-order chi connectivity index (χ0) is 19.2. The summed E-state index contributed by atoms with van der Waals surface area (Å²) in [7, 11) is 0. The number of carbonyl (C=O) groups is 1. The van der Waals surface area contributed by atoms with Crippen LogP contribution in [0.15, 0.2) is 66.6 Å². The number of rotatable bonds is 7. The van der Waals surface area contributed by atoms with E-state index in [1.165, 1.54) is 23.9 Å². The molecule has 0 aliphatic heterocycles. The number of benzene rings is 1. The molecule has 1 aromatic carbocycles. The fourth-order valence-corrected chi connectivity index (χ4v) is 3.28. The molecule has 0 bridgehead atoms. The molecule has 0 spiro atoms. The number of amides is 1. The number of aromatic nitrogens is 4. The first-order chi connectivity index (χ1) is 13.1. The average molecular weight is 383 g/mol. The van der Waals surface area contributed by atoms with Gasteiger partial charge >= 0.3 is 0 Å². The fourth-order valence-electron chi connectivity index (χ4n) is 2.39. The molecule has 0 aliphatic carbocycles. The molecule has 1 atom stereocenters. The lowest BCUT2D eigenvalue weighted by Gasteiger charge is -2.13. The molecule has 0 aliphatic rings. The molecule has 1 N–H and O–H groups in total. The van der Waals surface area contributed by atoms with E-state index >= 15 is 0 Å². The van der Waals surface area contributed by atoms with Gasteiger partial charge in [-0.15, -0.1) is 16.8 Å². The van der Waals surface area contributed by atoms with Crippen LogP contribution in [0.1, 0.15) is 6.92 Å². The largest absolute Gasteiger partial charge is 0.352 e. The Hall–Kier alpha value is -3.00. The van der Waals surface area contributed by atoms with E-state index in [1.54, 1.807) is 42.1 Å². The minimum atomic E-state index is -0.390. The van der Waals surface area contributed by atoms with Crippen molar-refractivity contribution < 1.29 is 9.18 Å². The minimum absolute atomic E-state index is 0.126. The minimum Gasteiger partial charge on any atom is -0.352 e. The van der Waals surface area contributed by atoms with E-state index in [-0.39, 0.29) is 11.7 Å². The second-order valence-electron chi connectivity index (χ2n) is 5.65. The monoisotopic (exact) mass is 383 g/mol. The lowest BCUT2D eigenvalue weighted by Crippen LogP contribution is -2.31. The summed E-state index contributed by atoms with van der Waals surface area (Å²) >= 11 is 1.28. The predicted molar refractivity (Wildman–Crippen MR) is 103 cm³/mol. The lowest BCUT2D eigenvalue weighted by molar-refractivity contribution is -0.120. The zero-order valence-corrected chi connectivity index (χ0v) is 15.5. The first kappa shape index (κ1) is 18.8. The second-order valence-corrected chi connectivity index (χ2v) is 6.96. The van der Waals surface area contributed by atoms with Gasteiger partial charge in [-0.1, -0.05) is 17.8 Å². The molecule has 2 aromatic heterocycles. The fraction of sp³-hybridized carbons (Fsp3) is 0.158. The number of nitrogens with one attached hydrogen (secondary N) is 1. The van der Waals surface area contributed by atoms with E-state index in [1.807, 2.05) is 12.1 Å². The highest BCUT2D eigenvalue weighted by Gasteiger charge is 2.21. The van der Waals surface area contributed by atoms with Crippen molar-refractivity contribution in [2.24, 2.45) is 0 Å². The molecule has 8 heteroatoms. The molecule has 6 nitrogen and oxygen atoms in total. The number of halogens is 1. The molecule has 27 heavy (non-hydrogen) atoms. The summed E-state index contributed by atoms with van der Waals surface area (Å²) in [6.45, 7) is 5.78. The summed E-state index contributed by atoms with van der Waals surface area (Å²) in [5.74, 6) is 0.132. The summed E-state index contributed by atoms with van der Waals surface area (Å²) in [6, 6.07) is 9.68. The highest BCUT2D eigenvalue weighted by molar-refractivity contribution is 8.00. The van der Waals surface area contributed by atoms with Crippen molar-refractivity contribution in [1.82, 2.24) is 25.1 Å².